The predicted octanol–water partition coefficient (Wildman–Crippen LogP) is -0.276. The number of hydrogen-bond donors (Lipinski definition) is 5. The zero-order chi connectivity index (χ0) is 20.6. The summed E-state index contributed by atoms with van der Waals surface area (Å²) >= 11 is 0. The Kier molecular flexibility index (Phi) is 5.71. The van der Waals surface area contributed by atoms with E-state index in [2.05, 4.69) is 20.3 Å². The van der Waals surface area contributed by atoms with Gasteiger partial charge in [-0.25, -0.2) is 19.5 Å². The minimum absolute atomic E-state index is 0.183. The highest BCUT2D eigenvalue weighted by molar-refractivity contribution is 7.47. The summed E-state index contributed by atoms with van der Waals surface area (Å²) in [6.45, 7) is 1.06. The van der Waals surface area contributed by atoms with E-state index in [1.165, 1.54) is 6.33 Å². The number of nitrogens with two attached hydrogens (primary N) is 2. The lowest BCUT2D eigenvalue weighted by Gasteiger charge is -2.27. The number of hydrogen-bond acceptors (Lipinski definition) is 11. The minimum Gasteiger partial charge on any atom is -0.386 e. The SMILES string of the molecule is NCCCCCNc1nc2c(N)ncnc2n1[C@@H]1O[C@@H]2COP(=O)(O)OC2[C@@H]1O. The van der Waals surface area contributed by atoms with E-state index >= 15 is 0 Å². The van der Waals surface area contributed by atoms with Crippen LogP contribution in [0.15, 0.2) is 6.33 Å². The minimum atomic E-state index is -4.23. The van der Waals surface area contributed by atoms with E-state index in [0.29, 0.717) is 30.2 Å². The molecule has 13 nitrogen and oxygen atoms in total. The van der Waals surface area contributed by atoms with Crippen molar-refractivity contribution in [2.75, 3.05) is 30.7 Å². The Labute approximate surface area is 166 Å². The van der Waals surface area contributed by atoms with Crippen LogP contribution >= 0.6 is 7.82 Å². The average Bonchev–Trinajstić information content (AvgIpc) is 3.19. The topological polar surface area (TPSA) is 193 Å². The monoisotopic (exact) mass is 429 g/mol. The summed E-state index contributed by atoms with van der Waals surface area (Å²) in [5, 5.41) is 14.0. The average molecular weight is 429 g/mol. The van der Waals surface area contributed by atoms with Crippen LogP contribution in [0.5, 0.6) is 0 Å². The second-order valence-corrected chi connectivity index (χ2v) is 8.31. The van der Waals surface area contributed by atoms with Gasteiger partial charge in [-0.3, -0.25) is 13.6 Å². The van der Waals surface area contributed by atoms with Crippen LogP contribution in [0.25, 0.3) is 11.2 Å². The number of nitrogens with zero attached hydrogens (tertiary/aromatic N) is 4. The lowest BCUT2D eigenvalue weighted by Crippen LogP contribution is -2.39. The summed E-state index contributed by atoms with van der Waals surface area (Å²) in [5.74, 6) is 0.569. The molecule has 0 radical (unpaired) electrons. The Hall–Kier alpha value is -1.86. The highest BCUT2D eigenvalue weighted by atomic mass is 31.2. The van der Waals surface area contributed by atoms with Gasteiger partial charge in [-0.05, 0) is 19.4 Å². The van der Waals surface area contributed by atoms with Gasteiger partial charge in [-0.15, -0.1) is 0 Å². The lowest BCUT2D eigenvalue weighted by molar-refractivity contribution is -0.0659. The molecule has 0 amide bonds. The number of aliphatic hydroxyl groups is 1. The van der Waals surface area contributed by atoms with Crippen LogP contribution in [0.1, 0.15) is 25.5 Å². The maximum absolute atomic E-state index is 11.7. The molecule has 0 aromatic carbocycles. The number of nitrogen functional groups attached to an aromatic ring is 1. The quantitative estimate of drug-likeness (QED) is 0.286. The zero-order valence-electron chi connectivity index (χ0n) is 15.5. The van der Waals surface area contributed by atoms with Crippen molar-refractivity contribution in [1.82, 2.24) is 19.5 Å². The Morgan fingerprint density at radius 3 is 2.97 bits per heavy atom. The van der Waals surface area contributed by atoms with E-state index in [1.807, 2.05) is 0 Å². The number of nitrogens with one attached hydrogen (secondary N) is 1. The van der Waals surface area contributed by atoms with Crippen LogP contribution in [0.4, 0.5) is 11.8 Å². The molecule has 2 aliphatic heterocycles. The second-order valence-electron chi connectivity index (χ2n) is 6.90. The van der Waals surface area contributed by atoms with Gasteiger partial charge in [0.05, 0.1) is 6.61 Å². The molecule has 0 bridgehead atoms. The lowest BCUT2D eigenvalue weighted by atomic mass is 10.1. The molecule has 4 heterocycles. The van der Waals surface area contributed by atoms with Crippen LogP contribution in [-0.2, 0) is 18.3 Å². The van der Waals surface area contributed by atoms with E-state index in [0.717, 1.165) is 19.3 Å². The first-order valence-electron chi connectivity index (χ1n) is 9.33. The Bertz CT molecular complexity index is 926. The molecule has 2 unspecified atom stereocenters. The molecule has 2 aromatic rings. The number of aromatic nitrogens is 4. The molecule has 2 aliphatic rings. The summed E-state index contributed by atoms with van der Waals surface area (Å²) < 4.78 is 29.0. The normalized spacial score (nSPS) is 31.8. The fourth-order valence-corrected chi connectivity index (χ4v) is 4.45. The molecule has 14 heteroatoms. The van der Waals surface area contributed by atoms with Crippen molar-refractivity contribution in [2.45, 2.75) is 43.8 Å². The van der Waals surface area contributed by atoms with Crippen molar-refractivity contribution in [3.05, 3.63) is 6.33 Å². The number of ether oxygens (including phenoxy) is 1. The van der Waals surface area contributed by atoms with Gasteiger partial charge in [0.1, 0.15) is 24.6 Å². The molecule has 4 rings (SSSR count). The highest BCUT2D eigenvalue weighted by Gasteiger charge is 2.53. The summed E-state index contributed by atoms with van der Waals surface area (Å²) in [6.07, 6.45) is 0.0470. The van der Waals surface area contributed by atoms with Crippen molar-refractivity contribution >= 4 is 30.8 Å². The van der Waals surface area contributed by atoms with Gasteiger partial charge in [-0.2, -0.15) is 0 Å². The molecular formula is C15H24N7O6P. The maximum atomic E-state index is 11.7. The number of fused-ring (bicyclic) bond motifs is 2. The molecule has 7 N–H and O–H groups in total. The number of phosphoric acid groups is 1. The van der Waals surface area contributed by atoms with Crippen LogP contribution in [0.3, 0.4) is 0 Å². The summed E-state index contributed by atoms with van der Waals surface area (Å²) in [6, 6.07) is 0. The molecule has 0 aliphatic carbocycles. The van der Waals surface area contributed by atoms with Crippen molar-refractivity contribution in [3.8, 4) is 0 Å². The number of anilines is 2. The molecule has 2 aromatic heterocycles. The van der Waals surface area contributed by atoms with Crippen LogP contribution in [0.2, 0.25) is 0 Å². The van der Waals surface area contributed by atoms with E-state index < -0.39 is 32.4 Å². The third kappa shape index (κ3) is 3.94. The van der Waals surface area contributed by atoms with Gasteiger partial charge < -0.3 is 31.5 Å². The van der Waals surface area contributed by atoms with Crippen molar-refractivity contribution in [1.29, 1.82) is 0 Å². The number of aliphatic hydroxyl groups excluding tert-OH is 1. The third-order valence-corrected chi connectivity index (χ3v) is 5.88. The fraction of sp³-hybridized carbons (Fsp3) is 0.667. The van der Waals surface area contributed by atoms with Crippen molar-refractivity contribution in [2.24, 2.45) is 5.73 Å². The standard InChI is InChI=1S/C15H24N7O6P/c16-4-2-1-3-5-18-15-21-9-12(17)19-7-20-13(9)22(15)14-10(23)11-8(27-14)6-26-29(24,25)28-11/h7-8,10-11,14,23H,1-6,16H2,(H,18,21)(H,24,25)(H2,17,19,20)/t8-,10+,11?,14-/m1/s1. The Morgan fingerprint density at radius 2 is 2.17 bits per heavy atom. The number of rotatable bonds is 7. The molecule has 29 heavy (non-hydrogen) atoms. The third-order valence-electron chi connectivity index (χ3n) is 4.89. The van der Waals surface area contributed by atoms with E-state index in [9.17, 15) is 14.6 Å². The van der Waals surface area contributed by atoms with Gasteiger partial charge in [0.15, 0.2) is 23.2 Å². The number of imidazole rings is 1. The van der Waals surface area contributed by atoms with Crippen LogP contribution < -0.4 is 16.8 Å². The summed E-state index contributed by atoms with van der Waals surface area (Å²) in [7, 11) is -4.23. The maximum Gasteiger partial charge on any atom is 0.472 e. The molecule has 2 fully saturated rings. The predicted molar refractivity (Wildman–Crippen MR) is 102 cm³/mol. The summed E-state index contributed by atoms with van der Waals surface area (Å²) in [4.78, 5) is 22.2. The largest absolute Gasteiger partial charge is 0.472 e. The fourth-order valence-electron chi connectivity index (χ4n) is 3.49. The first-order valence-corrected chi connectivity index (χ1v) is 10.8. The molecule has 160 valence electrons. The first-order chi connectivity index (χ1) is 13.9. The number of phosphoric ester groups is 1. The van der Waals surface area contributed by atoms with E-state index in [-0.39, 0.29) is 12.4 Å². The highest BCUT2D eigenvalue weighted by Crippen LogP contribution is 2.52. The van der Waals surface area contributed by atoms with Crippen molar-refractivity contribution < 1.29 is 28.3 Å². The van der Waals surface area contributed by atoms with Crippen LogP contribution in [-0.4, -0.2) is 67.5 Å². The van der Waals surface area contributed by atoms with Gasteiger partial charge in [0, 0.05) is 6.54 Å². The summed E-state index contributed by atoms with van der Waals surface area (Å²) in [5.41, 5.74) is 12.2. The second kappa shape index (κ2) is 8.11. The Morgan fingerprint density at radius 1 is 1.34 bits per heavy atom. The molecular weight excluding hydrogens is 405 g/mol. The van der Waals surface area contributed by atoms with Gasteiger partial charge in [-0.1, -0.05) is 6.42 Å². The van der Waals surface area contributed by atoms with E-state index in [4.69, 9.17) is 25.3 Å². The molecule has 2 saturated heterocycles. The molecule has 0 spiro atoms. The van der Waals surface area contributed by atoms with Gasteiger partial charge in [0.2, 0.25) is 5.95 Å². The van der Waals surface area contributed by atoms with Crippen LogP contribution in [0, 0.1) is 0 Å². The van der Waals surface area contributed by atoms with Gasteiger partial charge >= 0.3 is 7.82 Å². The van der Waals surface area contributed by atoms with Crippen molar-refractivity contribution in [3.63, 3.8) is 0 Å². The molecule has 0 saturated carbocycles. The van der Waals surface area contributed by atoms with Gasteiger partial charge in [0.25, 0.3) is 0 Å². The first kappa shape index (κ1) is 20.4. The molecule has 5 atom stereocenters. The zero-order valence-corrected chi connectivity index (χ0v) is 16.4. The smallest absolute Gasteiger partial charge is 0.386 e. The Balaban J connectivity index is 1.64. The number of unbranched alkanes of at least 4 members (excludes halogenated alkanes) is 2. The van der Waals surface area contributed by atoms with E-state index in [1.54, 1.807) is 4.57 Å².